The first-order chi connectivity index (χ1) is 7.44. The summed E-state index contributed by atoms with van der Waals surface area (Å²) in [7, 11) is 0. The fourth-order valence-electron chi connectivity index (χ4n) is 2.96. The van der Waals surface area contributed by atoms with Crippen molar-refractivity contribution in [2.24, 2.45) is 17.3 Å². The average Bonchev–Trinajstić information content (AvgIpc) is 2.18. The Morgan fingerprint density at radius 2 is 1.44 bits per heavy atom. The summed E-state index contributed by atoms with van der Waals surface area (Å²) in [4.78, 5) is 22.8. The zero-order chi connectivity index (χ0) is 12.3. The second-order valence-electron chi connectivity index (χ2n) is 4.97. The second kappa shape index (κ2) is 9.17. The van der Waals surface area contributed by atoms with Crippen LogP contribution in [-0.4, -0.2) is 92.4 Å². The first kappa shape index (κ1) is 21.5. The summed E-state index contributed by atoms with van der Waals surface area (Å²) in [5.41, 5.74) is -1.60. The molecule has 0 aliphatic heterocycles. The average molecular weight is 276 g/mol. The third kappa shape index (κ3) is 4.08. The molecule has 1 rings (SSSR count). The van der Waals surface area contributed by atoms with Crippen LogP contribution in [0.4, 0.5) is 0 Å². The van der Waals surface area contributed by atoms with Crippen LogP contribution >= 0.6 is 0 Å². The Kier molecular flexibility index (Phi) is 10.9. The summed E-state index contributed by atoms with van der Waals surface area (Å²) < 4.78 is 0. The second-order valence-corrected chi connectivity index (χ2v) is 4.97. The van der Waals surface area contributed by atoms with Crippen LogP contribution < -0.4 is 0 Å². The number of aliphatic carboxylic acids is 2. The van der Waals surface area contributed by atoms with Crippen LogP contribution in [0, 0.1) is 17.3 Å². The molecular weight excluding hydrogens is 254 g/mol. The Morgan fingerprint density at radius 1 is 1.06 bits per heavy atom. The molecule has 1 fully saturated rings. The summed E-state index contributed by atoms with van der Waals surface area (Å²) >= 11 is 0. The van der Waals surface area contributed by atoms with Gasteiger partial charge in [-0.3, -0.25) is 9.59 Å². The molecule has 0 bridgehead atoms. The van der Waals surface area contributed by atoms with Gasteiger partial charge >= 0.3 is 82.2 Å². The Labute approximate surface area is 163 Å². The first-order valence-corrected chi connectivity index (χ1v) is 5.90. The van der Waals surface area contributed by atoms with Gasteiger partial charge in [0.15, 0.2) is 5.41 Å². The van der Waals surface area contributed by atoms with Gasteiger partial charge in [-0.2, -0.15) is 0 Å². The SMILES string of the molecule is CC(C)C(C(=O)O)(C(=O)O)C1CCCCC1.[KH].[LiH]. The number of hydrogen-bond acceptors (Lipinski definition) is 2. The molecule has 0 unspecified atom stereocenters. The van der Waals surface area contributed by atoms with Gasteiger partial charge in [-0.15, -0.1) is 0 Å². The van der Waals surface area contributed by atoms with Crippen molar-refractivity contribution in [1.29, 1.82) is 0 Å². The molecule has 0 atom stereocenters. The zero-order valence-corrected chi connectivity index (χ0v) is 9.90. The van der Waals surface area contributed by atoms with E-state index in [0.717, 1.165) is 32.1 Å². The summed E-state index contributed by atoms with van der Waals surface area (Å²) in [6.45, 7) is 3.38. The zero-order valence-electron chi connectivity index (χ0n) is 9.90. The molecule has 0 aromatic carbocycles. The van der Waals surface area contributed by atoms with E-state index in [1.54, 1.807) is 13.8 Å². The van der Waals surface area contributed by atoms with E-state index in [1.165, 1.54) is 0 Å². The molecule has 4 nitrogen and oxygen atoms in total. The maximum absolute atomic E-state index is 11.4. The quantitative estimate of drug-likeness (QED) is 0.595. The molecule has 0 aromatic heterocycles. The van der Waals surface area contributed by atoms with Gasteiger partial charge < -0.3 is 10.2 Å². The number of rotatable bonds is 4. The minimum atomic E-state index is -1.60. The number of hydrogen-bond donors (Lipinski definition) is 2. The van der Waals surface area contributed by atoms with Gasteiger partial charge in [-0.25, -0.2) is 0 Å². The van der Waals surface area contributed by atoms with Gasteiger partial charge in [0.1, 0.15) is 0 Å². The van der Waals surface area contributed by atoms with Crippen molar-refractivity contribution in [3.05, 3.63) is 0 Å². The molecule has 1 aliphatic rings. The first-order valence-electron chi connectivity index (χ1n) is 5.90. The molecule has 0 radical (unpaired) electrons. The number of carboxylic acid groups (broad SMARTS) is 2. The summed E-state index contributed by atoms with van der Waals surface area (Å²) in [5.74, 6) is -2.97. The van der Waals surface area contributed by atoms with Crippen molar-refractivity contribution in [3.8, 4) is 0 Å². The van der Waals surface area contributed by atoms with Crippen LogP contribution in [-0.2, 0) is 9.59 Å². The number of carboxylic acids is 2. The molecule has 0 amide bonds. The molecular formula is C12H22KLiO4. The van der Waals surface area contributed by atoms with Gasteiger partial charge in [0.05, 0.1) is 0 Å². The topological polar surface area (TPSA) is 74.6 Å². The van der Waals surface area contributed by atoms with Gasteiger partial charge in [0, 0.05) is 0 Å². The molecule has 6 heteroatoms. The molecule has 1 saturated carbocycles. The van der Waals surface area contributed by atoms with Gasteiger partial charge in [-0.05, 0) is 24.7 Å². The van der Waals surface area contributed by atoms with Crippen LogP contribution in [0.25, 0.3) is 0 Å². The summed E-state index contributed by atoms with van der Waals surface area (Å²) in [5, 5.41) is 18.7. The maximum atomic E-state index is 11.4. The molecule has 0 saturated heterocycles. The molecule has 96 valence electrons. The fourth-order valence-corrected chi connectivity index (χ4v) is 2.96. The van der Waals surface area contributed by atoms with Crippen LogP contribution in [0.5, 0.6) is 0 Å². The van der Waals surface area contributed by atoms with Crippen LogP contribution in [0.15, 0.2) is 0 Å². The minimum absolute atomic E-state index is 0. The van der Waals surface area contributed by atoms with Crippen LogP contribution in [0.3, 0.4) is 0 Å². The Bertz CT molecular complexity index is 274. The molecule has 0 spiro atoms. The van der Waals surface area contributed by atoms with Gasteiger partial charge in [-0.1, -0.05) is 33.1 Å². The standard InChI is InChI=1S/C12H20O4.K.Li.2H/c1-8(2)12(10(13)14,11(15)16)9-6-4-3-5-7-9;;;;/h8-9H,3-7H2,1-2H3,(H,13,14)(H,15,16);;;;. The van der Waals surface area contributed by atoms with Crippen molar-refractivity contribution < 1.29 is 19.8 Å². The van der Waals surface area contributed by atoms with E-state index in [1.807, 2.05) is 0 Å². The summed E-state index contributed by atoms with van der Waals surface area (Å²) in [6, 6.07) is 0. The van der Waals surface area contributed by atoms with E-state index in [-0.39, 0.29) is 82.1 Å². The Morgan fingerprint density at radius 3 is 1.72 bits per heavy atom. The molecule has 1 aliphatic carbocycles. The molecule has 0 aromatic rings. The molecule has 18 heavy (non-hydrogen) atoms. The van der Waals surface area contributed by atoms with E-state index in [4.69, 9.17) is 0 Å². The normalized spacial score (nSPS) is 16.6. The van der Waals surface area contributed by atoms with E-state index < -0.39 is 17.4 Å². The van der Waals surface area contributed by atoms with Crippen molar-refractivity contribution in [2.45, 2.75) is 46.0 Å². The molecule has 2 N–H and O–H groups in total. The van der Waals surface area contributed by atoms with Gasteiger partial charge in [0.25, 0.3) is 0 Å². The molecule has 0 heterocycles. The number of carbonyl (C=O) groups is 2. The van der Waals surface area contributed by atoms with E-state index in [9.17, 15) is 19.8 Å². The fraction of sp³-hybridized carbons (Fsp3) is 0.833. The van der Waals surface area contributed by atoms with Crippen molar-refractivity contribution in [1.82, 2.24) is 0 Å². The Hall–Kier alpha value is 1.17. The van der Waals surface area contributed by atoms with Gasteiger partial charge in [0.2, 0.25) is 0 Å². The van der Waals surface area contributed by atoms with Crippen LogP contribution in [0.2, 0.25) is 0 Å². The third-order valence-corrected chi connectivity index (χ3v) is 3.87. The van der Waals surface area contributed by atoms with E-state index >= 15 is 0 Å². The van der Waals surface area contributed by atoms with Crippen molar-refractivity contribution in [3.63, 3.8) is 0 Å². The monoisotopic (exact) mass is 276 g/mol. The van der Waals surface area contributed by atoms with E-state index in [2.05, 4.69) is 0 Å². The summed E-state index contributed by atoms with van der Waals surface area (Å²) in [6.07, 6.45) is 4.41. The van der Waals surface area contributed by atoms with Crippen molar-refractivity contribution in [2.75, 3.05) is 0 Å². The Balaban J connectivity index is 0. The van der Waals surface area contributed by atoms with E-state index in [0.29, 0.717) is 0 Å². The third-order valence-electron chi connectivity index (χ3n) is 3.87. The van der Waals surface area contributed by atoms with Crippen LogP contribution in [0.1, 0.15) is 46.0 Å². The predicted octanol–water partition coefficient (Wildman–Crippen LogP) is 1.08. The predicted molar refractivity (Wildman–Crippen MR) is 73.4 cm³/mol. The van der Waals surface area contributed by atoms with Crippen molar-refractivity contribution >= 4 is 82.2 Å².